The van der Waals surface area contributed by atoms with Gasteiger partial charge in [0.2, 0.25) is 0 Å². The summed E-state index contributed by atoms with van der Waals surface area (Å²) < 4.78 is 5.05. The van der Waals surface area contributed by atoms with E-state index in [4.69, 9.17) is 16.0 Å². The Morgan fingerprint density at radius 3 is 2.69 bits per heavy atom. The molecule has 0 fully saturated rings. The minimum atomic E-state index is -0.577. The van der Waals surface area contributed by atoms with E-state index >= 15 is 0 Å². The molecule has 0 saturated heterocycles. The van der Waals surface area contributed by atoms with Gasteiger partial charge in [0, 0.05) is 9.75 Å². The second-order valence-corrected chi connectivity index (χ2v) is 5.00. The zero-order valence-corrected chi connectivity index (χ0v) is 9.92. The van der Waals surface area contributed by atoms with Crippen LogP contribution in [0.5, 0.6) is 0 Å². The lowest BCUT2D eigenvalue weighted by atomic mass is 10.3. The van der Waals surface area contributed by atoms with Crippen molar-refractivity contribution in [3.05, 3.63) is 49.9 Å². The number of halogens is 1. The molecule has 6 heteroatoms. The topological polar surface area (TPSA) is 56.3 Å². The molecule has 4 nitrogen and oxygen atoms in total. The van der Waals surface area contributed by atoms with E-state index in [-0.39, 0.29) is 5.88 Å². The van der Waals surface area contributed by atoms with Gasteiger partial charge in [-0.05, 0) is 25.1 Å². The van der Waals surface area contributed by atoms with Gasteiger partial charge in [-0.15, -0.1) is 22.9 Å². The van der Waals surface area contributed by atoms with Crippen molar-refractivity contribution in [2.24, 2.45) is 0 Å². The summed E-state index contributed by atoms with van der Waals surface area (Å²) in [6.45, 7) is 1.97. The first-order valence-corrected chi connectivity index (χ1v) is 5.78. The first-order valence-electron chi connectivity index (χ1n) is 4.52. The largest absolute Gasteiger partial charge is 0.433 e. The summed E-state index contributed by atoms with van der Waals surface area (Å²) in [5.74, 6) is 0.115. The summed E-state index contributed by atoms with van der Waals surface area (Å²) in [6.07, 6.45) is 0. The fraction of sp³-hybridized carbons (Fsp3) is 0.200. The molecule has 0 bridgehead atoms. The Labute approximate surface area is 101 Å². The van der Waals surface area contributed by atoms with Gasteiger partial charge in [0.25, 0.3) is 0 Å². The summed E-state index contributed by atoms with van der Waals surface area (Å²) in [5, 5.41) is 9.98. The third kappa shape index (κ3) is 2.10. The van der Waals surface area contributed by atoms with Gasteiger partial charge in [0.05, 0.1) is 6.07 Å². The highest BCUT2D eigenvalue weighted by Gasteiger charge is 2.20. The molecule has 0 amide bonds. The first-order chi connectivity index (χ1) is 7.58. The highest BCUT2D eigenvalue weighted by atomic mass is 35.5. The zero-order valence-electron chi connectivity index (χ0n) is 8.34. The van der Waals surface area contributed by atoms with Crippen LogP contribution < -0.4 is 0 Å². The summed E-state index contributed by atoms with van der Waals surface area (Å²) in [4.78, 5) is 11.9. The minimum Gasteiger partial charge on any atom is -0.404 e. The van der Waals surface area contributed by atoms with E-state index in [1.807, 2.05) is 19.1 Å². The van der Waals surface area contributed by atoms with E-state index in [9.17, 15) is 10.1 Å². The van der Waals surface area contributed by atoms with Gasteiger partial charge in [-0.2, -0.15) is 0 Å². The molecular weight excluding hydrogens is 250 g/mol. The predicted octanol–water partition coefficient (Wildman–Crippen LogP) is 3.89. The molecule has 2 aromatic rings. The maximum atomic E-state index is 10.4. The molecule has 1 unspecified atom stereocenters. The van der Waals surface area contributed by atoms with E-state index in [1.54, 1.807) is 11.3 Å². The highest BCUT2D eigenvalue weighted by molar-refractivity contribution is 7.12. The fourth-order valence-corrected chi connectivity index (χ4v) is 2.49. The number of rotatable bonds is 3. The van der Waals surface area contributed by atoms with E-state index in [1.165, 1.54) is 12.1 Å². The number of nitro groups is 1. The average molecular weight is 258 g/mol. The number of hydrogen-bond donors (Lipinski definition) is 0. The summed E-state index contributed by atoms with van der Waals surface area (Å²) in [5.41, 5.74) is 0. The number of hydrogen-bond acceptors (Lipinski definition) is 4. The van der Waals surface area contributed by atoms with Gasteiger partial charge in [0.1, 0.15) is 16.1 Å². The maximum absolute atomic E-state index is 10.4. The third-order valence-corrected chi connectivity index (χ3v) is 3.70. The van der Waals surface area contributed by atoms with Crippen molar-refractivity contribution in [2.75, 3.05) is 0 Å². The second-order valence-electron chi connectivity index (χ2n) is 3.24. The fourth-order valence-electron chi connectivity index (χ4n) is 1.31. The molecule has 0 aliphatic heterocycles. The average Bonchev–Trinajstić information content (AvgIpc) is 2.84. The Bertz CT molecular complexity index is 520. The quantitative estimate of drug-likeness (QED) is 0.476. The van der Waals surface area contributed by atoms with Crippen molar-refractivity contribution < 1.29 is 9.34 Å². The van der Waals surface area contributed by atoms with Crippen molar-refractivity contribution in [1.82, 2.24) is 0 Å². The summed E-state index contributed by atoms with van der Waals surface area (Å²) in [7, 11) is 0. The smallest absolute Gasteiger partial charge is 0.404 e. The maximum Gasteiger partial charge on any atom is 0.433 e. The number of aryl methyl sites for hydroxylation is 1. The first kappa shape index (κ1) is 11.2. The van der Waals surface area contributed by atoms with Crippen molar-refractivity contribution in [1.29, 1.82) is 0 Å². The standard InChI is InChI=1S/C10H8ClNO3S/c1-6-2-4-8(16-6)10(11)7-3-5-9(15-7)12(13)14/h2-5,10H,1H3. The molecule has 0 N–H and O–H groups in total. The molecule has 84 valence electrons. The van der Waals surface area contributed by atoms with Crippen LogP contribution in [0.25, 0.3) is 0 Å². The number of furan rings is 1. The van der Waals surface area contributed by atoms with E-state index in [0.29, 0.717) is 5.76 Å². The van der Waals surface area contributed by atoms with Crippen LogP contribution in [-0.4, -0.2) is 4.92 Å². The van der Waals surface area contributed by atoms with Crippen LogP contribution in [-0.2, 0) is 0 Å². The molecule has 0 aromatic carbocycles. The van der Waals surface area contributed by atoms with E-state index in [0.717, 1.165) is 9.75 Å². The number of thiophene rings is 1. The Hall–Kier alpha value is -1.33. The van der Waals surface area contributed by atoms with Crippen molar-refractivity contribution in [2.45, 2.75) is 12.3 Å². The third-order valence-electron chi connectivity index (χ3n) is 2.05. The zero-order chi connectivity index (χ0) is 11.7. The van der Waals surface area contributed by atoms with Crippen LogP contribution >= 0.6 is 22.9 Å². The monoisotopic (exact) mass is 257 g/mol. The van der Waals surface area contributed by atoms with Crippen LogP contribution in [0, 0.1) is 17.0 Å². The molecule has 0 spiro atoms. The van der Waals surface area contributed by atoms with Crippen LogP contribution in [0.3, 0.4) is 0 Å². The van der Waals surface area contributed by atoms with Gasteiger partial charge < -0.3 is 4.42 Å². The number of nitrogens with zero attached hydrogens (tertiary/aromatic N) is 1. The molecule has 0 aliphatic rings. The Morgan fingerprint density at radius 1 is 1.44 bits per heavy atom. The number of alkyl halides is 1. The van der Waals surface area contributed by atoms with Crippen LogP contribution in [0.1, 0.15) is 20.9 Å². The summed E-state index contributed by atoms with van der Waals surface area (Å²) >= 11 is 7.70. The van der Waals surface area contributed by atoms with Gasteiger partial charge in [-0.25, -0.2) is 0 Å². The second kappa shape index (κ2) is 4.27. The summed E-state index contributed by atoms with van der Waals surface area (Å²) in [6, 6.07) is 6.69. The van der Waals surface area contributed by atoms with Crippen molar-refractivity contribution in [3.8, 4) is 0 Å². The minimum absolute atomic E-state index is 0.283. The molecule has 2 aromatic heterocycles. The lowest BCUT2D eigenvalue weighted by Crippen LogP contribution is -1.87. The van der Waals surface area contributed by atoms with Gasteiger partial charge in [-0.1, -0.05) is 0 Å². The highest BCUT2D eigenvalue weighted by Crippen LogP contribution is 2.35. The van der Waals surface area contributed by atoms with E-state index < -0.39 is 10.3 Å². The molecule has 0 saturated carbocycles. The van der Waals surface area contributed by atoms with Crippen LogP contribution in [0.15, 0.2) is 28.7 Å². The molecule has 2 rings (SSSR count). The molecule has 0 aliphatic carbocycles. The Balaban J connectivity index is 2.26. The normalized spacial score (nSPS) is 12.6. The van der Waals surface area contributed by atoms with Gasteiger partial charge >= 0.3 is 5.88 Å². The van der Waals surface area contributed by atoms with Crippen molar-refractivity contribution >= 4 is 28.8 Å². The predicted molar refractivity (Wildman–Crippen MR) is 62.1 cm³/mol. The SMILES string of the molecule is Cc1ccc(C(Cl)c2ccc([N+](=O)[O-])o2)s1. The molecular formula is C10H8ClNO3S. The van der Waals surface area contributed by atoms with Gasteiger partial charge in [-0.3, -0.25) is 10.1 Å². The molecule has 1 atom stereocenters. The lowest BCUT2D eigenvalue weighted by molar-refractivity contribution is -0.402. The van der Waals surface area contributed by atoms with Crippen LogP contribution in [0.2, 0.25) is 0 Å². The lowest BCUT2D eigenvalue weighted by Gasteiger charge is -2.01. The molecule has 16 heavy (non-hydrogen) atoms. The van der Waals surface area contributed by atoms with Crippen LogP contribution in [0.4, 0.5) is 5.88 Å². The Kier molecular flexibility index (Phi) is 2.98. The molecule has 2 heterocycles. The molecule has 0 radical (unpaired) electrons. The van der Waals surface area contributed by atoms with E-state index in [2.05, 4.69) is 0 Å². The van der Waals surface area contributed by atoms with Crippen molar-refractivity contribution in [3.63, 3.8) is 0 Å². The Morgan fingerprint density at radius 2 is 2.19 bits per heavy atom. The van der Waals surface area contributed by atoms with Gasteiger partial charge in [0.15, 0.2) is 0 Å².